The van der Waals surface area contributed by atoms with E-state index < -0.39 is 0 Å². The maximum atomic E-state index is 13.4. The molecule has 4 aromatic rings. The van der Waals surface area contributed by atoms with Crippen molar-refractivity contribution < 1.29 is 4.79 Å². The van der Waals surface area contributed by atoms with E-state index >= 15 is 0 Å². The van der Waals surface area contributed by atoms with Crippen LogP contribution < -0.4 is 4.90 Å². The number of fused-ring (bicyclic) bond motifs is 1. The number of rotatable bonds is 5. The van der Waals surface area contributed by atoms with E-state index in [2.05, 4.69) is 24.0 Å². The van der Waals surface area contributed by atoms with Gasteiger partial charge in [0.15, 0.2) is 5.13 Å². The lowest BCUT2D eigenvalue weighted by Crippen LogP contribution is -2.30. The molecule has 5 heteroatoms. The van der Waals surface area contributed by atoms with Gasteiger partial charge in [0.1, 0.15) is 0 Å². The van der Waals surface area contributed by atoms with E-state index in [0.29, 0.717) is 17.2 Å². The number of anilines is 1. The number of amides is 1. The zero-order valence-electron chi connectivity index (χ0n) is 15.9. The summed E-state index contributed by atoms with van der Waals surface area (Å²) in [5, 5.41) is 0.695. The summed E-state index contributed by atoms with van der Waals surface area (Å²) in [6.07, 6.45) is 2.72. The van der Waals surface area contributed by atoms with Crippen LogP contribution in [0, 0.1) is 6.92 Å². The molecule has 4 nitrogen and oxygen atoms in total. The van der Waals surface area contributed by atoms with Gasteiger partial charge in [0.25, 0.3) is 5.91 Å². The number of aromatic nitrogens is 2. The summed E-state index contributed by atoms with van der Waals surface area (Å²) in [7, 11) is 0. The maximum absolute atomic E-state index is 13.4. The van der Waals surface area contributed by atoms with E-state index in [1.807, 2.05) is 55.5 Å². The van der Waals surface area contributed by atoms with Crippen LogP contribution in [0.2, 0.25) is 0 Å². The average molecular weight is 388 g/mol. The van der Waals surface area contributed by atoms with Gasteiger partial charge >= 0.3 is 0 Å². The minimum atomic E-state index is -0.0656. The lowest BCUT2D eigenvalue weighted by Gasteiger charge is -2.19. The topological polar surface area (TPSA) is 46.1 Å². The minimum Gasteiger partial charge on any atom is -0.278 e. The third-order valence-corrected chi connectivity index (χ3v) is 5.68. The quantitative estimate of drug-likeness (QED) is 0.460. The Bertz CT molecular complexity index is 1120. The van der Waals surface area contributed by atoms with E-state index in [9.17, 15) is 4.79 Å². The largest absolute Gasteiger partial charge is 0.278 e. The van der Waals surface area contributed by atoms with Crippen molar-refractivity contribution in [2.45, 2.75) is 26.8 Å². The lowest BCUT2D eigenvalue weighted by molar-refractivity contribution is 0.0984. The number of aryl methyl sites for hydroxylation is 2. The van der Waals surface area contributed by atoms with Gasteiger partial charge in [-0.1, -0.05) is 48.1 Å². The smallest absolute Gasteiger partial charge is 0.260 e. The summed E-state index contributed by atoms with van der Waals surface area (Å²) < 4.78 is 1.09. The van der Waals surface area contributed by atoms with E-state index in [1.165, 1.54) is 5.56 Å². The van der Waals surface area contributed by atoms with Crippen molar-refractivity contribution >= 4 is 32.6 Å². The molecule has 0 saturated heterocycles. The Balaban J connectivity index is 1.77. The SMILES string of the molecule is CCc1ccc2nc(N(Cc3ccccn3)C(=O)c3cccc(C)c3)sc2c1. The van der Waals surface area contributed by atoms with Crippen LogP contribution in [0.15, 0.2) is 66.9 Å². The maximum Gasteiger partial charge on any atom is 0.260 e. The molecule has 0 aliphatic heterocycles. The molecular weight excluding hydrogens is 366 g/mol. The highest BCUT2D eigenvalue weighted by atomic mass is 32.1. The first-order valence-electron chi connectivity index (χ1n) is 9.32. The molecule has 0 spiro atoms. The first-order chi connectivity index (χ1) is 13.6. The van der Waals surface area contributed by atoms with E-state index in [1.54, 1.807) is 22.4 Å². The van der Waals surface area contributed by atoms with E-state index in [-0.39, 0.29) is 5.91 Å². The fraction of sp³-hybridized carbons (Fsp3) is 0.174. The molecule has 4 rings (SSSR count). The van der Waals surface area contributed by atoms with Crippen LogP contribution in [0.1, 0.15) is 34.1 Å². The summed E-state index contributed by atoms with van der Waals surface area (Å²) in [5.74, 6) is -0.0656. The molecule has 2 aromatic carbocycles. The number of carbonyl (C=O) groups is 1. The normalized spacial score (nSPS) is 10.9. The summed E-state index contributed by atoms with van der Waals surface area (Å²) in [4.78, 5) is 24.2. The van der Waals surface area contributed by atoms with Crippen molar-refractivity contribution in [3.05, 3.63) is 89.2 Å². The van der Waals surface area contributed by atoms with Crippen molar-refractivity contribution in [3.8, 4) is 0 Å². The molecule has 0 saturated carbocycles. The Hall–Kier alpha value is -3.05. The van der Waals surface area contributed by atoms with Gasteiger partial charge in [-0.25, -0.2) is 4.98 Å². The number of pyridine rings is 1. The summed E-state index contributed by atoms with van der Waals surface area (Å²) >= 11 is 1.55. The second-order valence-electron chi connectivity index (χ2n) is 6.73. The molecule has 0 aliphatic carbocycles. The highest BCUT2D eigenvalue weighted by molar-refractivity contribution is 7.22. The third-order valence-electron chi connectivity index (χ3n) is 4.64. The Morgan fingerprint density at radius 2 is 1.96 bits per heavy atom. The predicted molar refractivity (Wildman–Crippen MR) is 115 cm³/mol. The number of hydrogen-bond acceptors (Lipinski definition) is 4. The van der Waals surface area contributed by atoms with Crippen molar-refractivity contribution in [3.63, 3.8) is 0 Å². The zero-order valence-corrected chi connectivity index (χ0v) is 16.7. The van der Waals surface area contributed by atoms with Gasteiger partial charge in [-0.15, -0.1) is 0 Å². The molecule has 2 heterocycles. The molecule has 2 aromatic heterocycles. The monoisotopic (exact) mass is 387 g/mol. The van der Waals surface area contributed by atoms with Crippen LogP contribution in [0.3, 0.4) is 0 Å². The molecule has 0 atom stereocenters. The summed E-state index contributed by atoms with van der Waals surface area (Å²) in [6, 6.07) is 19.7. The molecular formula is C23H21N3OS. The Labute approximate surface area is 168 Å². The standard InChI is InChI=1S/C23H21N3OS/c1-3-17-10-11-20-21(14-17)28-23(25-20)26(15-19-9-4-5-12-24-19)22(27)18-8-6-7-16(2)13-18/h4-14H,3,15H2,1-2H3. The third kappa shape index (κ3) is 3.80. The lowest BCUT2D eigenvalue weighted by atomic mass is 10.1. The Kier molecular flexibility index (Phi) is 5.17. The van der Waals surface area contributed by atoms with Crippen LogP contribution in [0.5, 0.6) is 0 Å². The molecule has 0 aliphatic rings. The first-order valence-corrected chi connectivity index (χ1v) is 10.1. The van der Waals surface area contributed by atoms with Crippen LogP contribution >= 0.6 is 11.3 Å². The van der Waals surface area contributed by atoms with Gasteiger partial charge in [-0.2, -0.15) is 0 Å². The van der Waals surface area contributed by atoms with Gasteiger partial charge in [0.2, 0.25) is 0 Å². The van der Waals surface area contributed by atoms with Gasteiger partial charge in [-0.05, 0) is 55.3 Å². The number of thiazole rings is 1. The highest BCUT2D eigenvalue weighted by Gasteiger charge is 2.22. The predicted octanol–water partition coefficient (Wildman–Crippen LogP) is 5.41. The van der Waals surface area contributed by atoms with Crippen LogP contribution in [-0.2, 0) is 13.0 Å². The second-order valence-corrected chi connectivity index (χ2v) is 7.74. The van der Waals surface area contributed by atoms with Gasteiger partial charge in [-0.3, -0.25) is 14.7 Å². The molecule has 0 radical (unpaired) electrons. The van der Waals surface area contributed by atoms with E-state index in [0.717, 1.165) is 27.9 Å². The Morgan fingerprint density at radius 1 is 1.07 bits per heavy atom. The van der Waals surface area contributed by atoms with Crippen molar-refractivity contribution in [1.82, 2.24) is 9.97 Å². The molecule has 0 N–H and O–H groups in total. The van der Waals surface area contributed by atoms with Gasteiger partial charge in [0, 0.05) is 11.8 Å². The van der Waals surface area contributed by atoms with Crippen LogP contribution in [-0.4, -0.2) is 15.9 Å². The van der Waals surface area contributed by atoms with Crippen molar-refractivity contribution in [2.75, 3.05) is 4.90 Å². The van der Waals surface area contributed by atoms with Crippen molar-refractivity contribution in [2.24, 2.45) is 0 Å². The Morgan fingerprint density at radius 3 is 2.71 bits per heavy atom. The molecule has 0 fully saturated rings. The molecule has 1 amide bonds. The average Bonchev–Trinajstić information content (AvgIpc) is 3.15. The first kappa shape index (κ1) is 18.3. The number of nitrogens with zero attached hydrogens (tertiary/aromatic N) is 3. The fourth-order valence-corrected chi connectivity index (χ4v) is 4.13. The molecule has 0 bridgehead atoms. The van der Waals surface area contributed by atoms with Gasteiger partial charge < -0.3 is 0 Å². The number of benzene rings is 2. The molecule has 28 heavy (non-hydrogen) atoms. The minimum absolute atomic E-state index is 0.0656. The second kappa shape index (κ2) is 7.90. The number of hydrogen-bond donors (Lipinski definition) is 0. The van der Waals surface area contributed by atoms with Crippen LogP contribution in [0.25, 0.3) is 10.2 Å². The highest BCUT2D eigenvalue weighted by Crippen LogP contribution is 2.31. The van der Waals surface area contributed by atoms with Crippen molar-refractivity contribution in [1.29, 1.82) is 0 Å². The van der Waals surface area contributed by atoms with E-state index in [4.69, 9.17) is 4.98 Å². The van der Waals surface area contributed by atoms with Gasteiger partial charge in [0.05, 0.1) is 22.5 Å². The summed E-state index contributed by atoms with van der Waals surface area (Å²) in [5.41, 5.74) is 4.73. The molecule has 0 unspecified atom stereocenters. The number of carbonyl (C=O) groups excluding carboxylic acids is 1. The summed E-state index contributed by atoms with van der Waals surface area (Å²) in [6.45, 7) is 4.51. The van der Waals surface area contributed by atoms with Crippen LogP contribution in [0.4, 0.5) is 5.13 Å². The fourth-order valence-electron chi connectivity index (χ4n) is 3.11. The molecule has 140 valence electrons. The zero-order chi connectivity index (χ0) is 19.5.